The summed E-state index contributed by atoms with van der Waals surface area (Å²) in [4.78, 5) is 0. The summed E-state index contributed by atoms with van der Waals surface area (Å²) >= 11 is 0. The lowest BCUT2D eigenvalue weighted by atomic mass is 10.0. The molecule has 0 aliphatic rings. The zero-order valence-electron chi connectivity index (χ0n) is 11.3. The van der Waals surface area contributed by atoms with Gasteiger partial charge in [0.15, 0.2) is 0 Å². The fraction of sp³-hybridized carbons (Fsp3) is 0.357. The van der Waals surface area contributed by atoms with E-state index in [0.29, 0.717) is 17.8 Å². The number of halogens is 2. The van der Waals surface area contributed by atoms with Crippen LogP contribution in [-0.2, 0) is 13.6 Å². The average Bonchev–Trinajstić information content (AvgIpc) is 2.72. The second-order valence-corrected chi connectivity index (χ2v) is 4.54. The zero-order chi connectivity index (χ0) is 14.0. The average molecular weight is 265 g/mol. The quantitative estimate of drug-likeness (QED) is 0.921. The Morgan fingerprint density at radius 1 is 1.26 bits per heavy atom. The van der Waals surface area contributed by atoms with Gasteiger partial charge < -0.3 is 5.32 Å². The third kappa shape index (κ3) is 2.81. The standard InChI is InChI=1S/C14H17F2N3/c1-4-17-7-10-8-19(3)18-14(10)11-6-12(15)9(2)5-13(11)16/h5-6,8,17H,4,7H2,1-3H3. The van der Waals surface area contributed by atoms with Crippen molar-refractivity contribution in [1.82, 2.24) is 15.1 Å². The van der Waals surface area contributed by atoms with Crippen LogP contribution < -0.4 is 5.32 Å². The molecule has 5 heteroatoms. The van der Waals surface area contributed by atoms with E-state index in [-0.39, 0.29) is 5.56 Å². The highest BCUT2D eigenvalue weighted by Gasteiger charge is 2.16. The fourth-order valence-electron chi connectivity index (χ4n) is 1.98. The van der Waals surface area contributed by atoms with E-state index >= 15 is 0 Å². The second kappa shape index (κ2) is 5.48. The normalized spacial score (nSPS) is 11.0. The molecule has 0 amide bonds. The van der Waals surface area contributed by atoms with Gasteiger partial charge in [-0.15, -0.1) is 0 Å². The van der Waals surface area contributed by atoms with Gasteiger partial charge in [0, 0.05) is 30.9 Å². The van der Waals surface area contributed by atoms with Crippen molar-refractivity contribution in [1.29, 1.82) is 0 Å². The fourth-order valence-corrected chi connectivity index (χ4v) is 1.98. The van der Waals surface area contributed by atoms with Gasteiger partial charge in [0.1, 0.15) is 11.6 Å². The Balaban J connectivity index is 2.49. The molecule has 0 saturated carbocycles. The number of hydrogen-bond donors (Lipinski definition) is 1. The van der Waals surface area contributed by atoms with E-state index in [1.165, 1.54) is 12.1 Å². The molecule has 2 rings (SSSR count). The Morgan fingerprint density at radius 3 is 2.68 bits per heavy atom. The summed E-state index contributed by atoms with van der Waals surface area (Å²) in [5.74, 6) is -0.869. The summed E-state index contributed by atoms with van der Waals surface area (Å²) < 4.78 is 29.2. The van der Waals surface area contributed by atoms with Crippen LogP contribution in [0.15, 0.2) is 18.3 Å². The van der Waals surface area contributed by atoms with Gasteiger partial charge in [0.25, 0.3) is 0 Å². The molecule has 19 heavy (non-hydrogen) atoms. The van der Waals surface area contributed by atoms with Crippen LogP contribution in [0.2, 0.25) is 0 Å². The highest BCUT2D eigenvalue weighted by Crippen LogP contribution is 2.27. The molecule has 1 aromatic carbocycles. The van der Waals surface area contributed by atoms with Crippen molar-refractivity contribution >= 4 is 0 Å². The Kier molecular flexibility index (Phi) is 3.95. The molecule has 0 radical (unpaired) electrons. The second-order valence-electron chi connectivity index (χ2n) is 4.54. The Morgan fingerprint density at radius 2 is 2.00 bits per heavy atom. The van der Waals surface area contributed by atoms with Crippen molar-refractivity contribution in [3.63, 3.8) is 0 Å². The minimum atomic E-state index is -0.449. The van der Waals surface area contributed by atoms with Gasteiger partial charge in [-0.3, -0.25) is 4.68 Å². The van der Waals surface area contributed by atoms with Crippen LogP contribution in [0.3, 0.4) is 0 Å². The Hall–Kier alpha value is -1.75. The molecule has 1 heterocycles. The van der Waals surface area contributed by atoms with Crippen LogP contribution >= 0.6 is 0 Å². The minimum Gasteiger partial charge on any atom is -0.313 e. The van der Waals surface area contributed by atoms with Crippen LogP contribution in [0.4, 0.5) is 8.78 Å². The molecule has 0 bridgehead atoms. The smallest absolute Gasteiger partial charge is 0.133 e. The summed E-state index contributed by atoms with van der Waals surface area (Å²) in [6.45, 7) is 4.91. The molecule has 0 atom stereocenters. The number of nitrogens with one attached hydrogen (secondary N) is 1. The number of nitrogens with zero attached hydrogens (tertiary/aromatic N) is 2. The molecule has 0 fully saturated rings. The number of aryl methyl sites for hydroxylation is 2. The molecule has 0 aliphatic heterocycles. The van der Waals surface area contributed by atoms with Crippen LogP contribution in [0.1, 0.15) is 18.1 Å². The van der Waals surface area contributed by atoms with Crippen LogP contribution in [0, 0.1) is 18.6 Å². The molecular weight excluding hydrogens is 248 g/mol. The molecule has 0 aliphatic carbocycles. The molecule has 0 saturated heterocycles. The number of rotatable bonds is 4. The summed E-state index contributed by atoms with van der Waals surface area (Å²) in [7, 11) is 1.77. The lowest BCUT2D eigenvalue weighted by molar-refractivity contribution is 0.594. The molecule has 102 valence electrons. The van der Waals surface area contributed by atoms with E-state index < -0.39 is 11.6 Å². The Bertz CT molecular complexity index is 591. The minimum absolute atomic E-state index is 0.205. The third-order valence-electron chi connectivity index (χ3n) is 2.97. The first-order chi connectivity index (χ1) is 9.02. The molecular formula is C14H17F2N3. The lowest BCUT2D eigenvalue weighted by Crippen LogP contribution is -2.12. The van der Waals surface area contributed by atoms with Crippen molar-refractivity contribution in [3.8, 4) is 11.3 Å². The highest BCUT2D eigenvalue weighted by molar-refractivity contribution is 5.64. The number of benzene rings is 1. The Labute approximate surface area is 111 Å². The van der Waals surface area contributed by atoms with Gasteiger partial charge in [0.05, 0.1) is 5.69 Å². The summed E-state index contributed by atoms with van der Waals surface area (Å²) in [5.41, 5.74) is 1.84. The van der Waals surface area contributed by atoms with E-state index in [1.807, 2.05) is 13.1 Å². The van der Waals surface area contributed by atoms with Crippen molar-refractivity contribution < 1.29 is 8.78 Å². The van der Waals surface area contributed by atoms with Crippen molar-refractivity contribution in [2.45, 2.75) is 20.4 Å². The molecule has 0 unspecified atom stereocenters. The van der Waals surface area contributed by atoms with E-state index in [2.05, 4.69) is 10.4 Å². The largest absolute Gasteiger partial charge is 0.313 e. The maximum absolute atomic E-state index is 14.0. The lowest BCUT2D eigenvalue weighted by Gasteiger charge is -2.06. The summed E-state index contributed by atoms with van der Waals surface area (Å²) in [6.07, 6.45) is 1.81. The van der Waals surface area contributed by atoms with Gasteiger partial charge in [-0.2, -0.15) is 5.10 Å². The van der Waals surface area contributed by atoms with Crippen molar-refractivity contribution in [2.75, 3.05) is 6.54 Å². The predicted molar refractivity (Wildman–Crippen MR) is 70.7 cm³/mol. The van der Waals surface area contributed by atoms with E-state index in [1.54, 1.807) is 18.7 Å². The van der Waals surface area contributed by atoms with Crippen molar-refractivity contribution in [3.05, 3.63) is 41.1 Å². The first-order valence-corrected chi connectivity index (χ1v) is 6.22. The monoisotopic (exact) mass is 265 g/mol. The highest BCUT2D eigenvalue weighted by atomic mass is 19.1. The maximum atomic E-state index is 14.0. The molecule has 1 N–H and O–H groups in total. The topological polar surface area (TPSA) is 29.9 Å². The maximum Gasteiger partial charge on any atom is 0.133 e. The molecule has 2 aromatic rings. The van der Waals surface area contributed by atoms with Gasteiger partial charge in [-0.1, -0.05) is 6.92 Å². The first kappa shape index (κ1) is 13.7. The third-order valence-corrected chi connectivity index (χ3v) is 2.97. The van der Waals surface area contributed by atoms with Gasteiger partial charge in [-0.05, 0) is 31.2 Å². The van der Waals surface area contributed by atoms with E-state index in [0.717, 1.165) is 12.1 Å². The number of hydrogen-bond acceptors (Lipinski definition) is 2. The van der Waals surface area contributed by atoms with Crippen molar-refractivity contribution in [2.24, 2.45) is 7.05 Å². The molecule has 0 spiro atoms. The molecule has 1 aromatic heterocycles. The number of aromatic nitrogens is 2. The van der Waals surface area contributed by atoms with E-state index in [4.69, 9.17) is 0 Å². The van der Waals surface area contributed by atoms with Gasteiger partial charge in [0.2, 0.25) is 0 Å². The van der Waals surface area contributed by atoms with Crippen LogP contribution in [-0.4, -0.2) is 16.3 Å². The predicted octanol–water partition coefficient (Wildman–Crippen LogP) is 2.78. The van der Waals surface area contributed by atoms with Crippen LogP contribution in [0.25, 0.3) is 11.3 Å². The summed E-state index contributed by atoms with van der Waals surface area (Å²) in [5, 5.41) is 7.40. The van der Waals surface area contributed by atoms with E-state index in [9.17, 15) is 8.78 Å². The zero-order valence-corrected chi connectivity index (χ0v) is 11.3. The molecule has 3 nitrogen and oxygen atoms in total. The SMILES string of the molecule is CCNCc1cn(C)nc1-c1cc(F)c(C)cc1F. The van der Waals surface area contributed by atoms with Crippen LogP contribution in [0.5, 0.6) is 0 Å². The van der Waals surface area contributed by atoms with Gasteiger partial charge >= 0.3 is 0 Å². The summed E-state index contributed by atoms with van der Waals surface area (Å²) in [6, 6.07) is 2.42. The first-order valence-electron chi connectivity index (χ1n) is 6.22. The van der Waals surface area contributed by atoms with Gasteiger partial charge in [-0.25, -0.2) is 8.78 Å².